The Balaban J connectivity index is 2.40. The zero-order valence-electron chi connectivity index (χ0n) is 10.9. The summed E-state index contributed by atoms with van der Waals surface area (Å²) in [4.78, 5) is 10.7. The van der Waals surface area contributed by atoms with E-state index in [0.29, 0.717) is 0 Å². The molecule has 96 valence electrons. The summed E-state index contributed by atoms with van der Waals surface area (Å²) in [6.07, 6.45) is 3.73. The van der Waals surface area contributed by atoms with Crippen molar-refractivity contribution in [2.45, 2.75) is 39.0 Å². The van der Waals surface area contributed by atoms with Crippen LogP contribution in [-0.4, -0.2) is 11.1 Å². The van der Waals surface area contributed by atoms with E-state index in [2.05, 4.69) is 30.9 Å². The molecule has 1 aromatic rings. The summed E-state index contributed by atoms with van der Waals surface area (Å²) in [6.45, 7) is 2.06. The Morgan fingerprint density at radius 1 is 1.33 bits per heavy atom. The minimum atomic E-state index is -0.759. The largest absolute Gasteiger partial charge is 0.481 e. The molecule has 18 heavy (non-hydrogen) atoms. The quantitative estimate of drug-likeness (QED) is 0.777. The van der Waals surface area contributed by atoms with Gasteiger partial charge in [0, 0.05) is 12.3 Å². The van der Waals surface area contributed by atoms with Gasteiger partial charge < -0.3 is 5.11 Å². The van der Waals surface area contributed by atoms with Gasteiger partial charge in [-0.15, -0.1) is 5.92 Å². The maximum absolute atomic E-state index is 10.7. The molecule has 0 spiro atoms. The molecule has 0 aliphatic rings. The van der Waals surface area contributed by atoms with Gasteiger partial charge in [0.2, 0.25) is 0 Å². The van der Waals surface area contributed by atoms with Crippen LogP contribution in [0.2, 0.25) is 0 Å². The lowest BCUT2D eigenvalue weighted by Gasteiger charge is -2.04. The van der Waals surface area contributed by atoms with Crippen LogP contribution in [0.4, 0.5) is 0 Å². The highest BCUT2D eigenvalue weighted by Crippen LogP contribution is 2.10. The standard InChI is InChI=1S/C16H20O2/c1-2-8-15(13-16(17)18)12-7-6-11-14-9-4-3-5-10-14/h3-5,9-10,15H,2,6,8,11,13H2,1H3,(H,17,18)/t15-/m0/s1. The van der Waals surface area contributed by atoms with Gasteiger partial charge in [0.15, 0.2) is 0 Å². The van der Waals surface area contributed by atoms with Crippen molar-refractivity contribution in [3.05, 3.63) is 35.9 Å². The van der Waals surface area contributed by atoms with Crippen molar-refractivity contribution in [1.82, 2.24) is 0 Å². The van der Waals surface area contributed by atoms with Crippen LogP contribution < -0.4 is 0 Å². The third kappa shape index (κ3) is 6.10. The number of carboxylic acids is 1. The molecule has 2 nitrogen and oxygen atoms in total. The van der Waals surface area contributed by atoms with Crippen molar-refractivity contribution in [2.75, 3.05) is 0 Å². The van der Waals surface area contributed by atoms with E-state index in [1.165, 1.54) is 5.56 Å². The second-order valence-electron chi connectivity index (χ2n) is 4.39. The summed E-state index contributed by atoms with van der Waals surface area (Å²) in [5, 5.41) is 8.78. The number of aryl methyl sites for hydroxylation is 1. The number of carbonyl (C=O) groups is 1. The molecule has 0 heterocycles. The average Bonchev–Trinajstić information content (AvgIpc) is 2.35. The molecule has 0 aliphatic carbocycles. The third-order valence-corrected chi connectivity index (χ3v) is 2.75. The highest BCUT2D eigenvalue weighted by Gasteiger charge is 2.08. The number of hydrogen-bond donors (Lipinski definition) is 1. The van der Waals surface area contributed by atoms with Crippen LogP contribution in [0.1, 0.15) is 38.2 Å². The Bertz CT molecular complexity index is 412. The van der Waals surface area contributed by atoms with Gasteiger partial charge in [-0.1, -0.05) is 49.6 Å². The third-order valence-electron chi connectivity index (χ3n) is 2.75. The first-order valence-corrected chi connectivity index (χ1v) is 6.46. The van der Waals surface area contributed by atoms with Crippen molar-refractivity contribution in [3.8, 4) is 11.8 Å². The van der Waals surface area contributed by atoms with E-state index in [-0.39, 0.29) is 12.3 Å². The number of hydrogen-bond acceptors (Lipinski definition) is 1. The first kappa shape index (κ1) is 14.3. The minimum absolute atomic E-state index is 0.00303. The number of aliphatic carboxylic acids is 1. The van der Waals surface area contributed by atoms with Crippen molar-refractivity contribution in [1.29, 1.82) is 0 Å². The summed E-state index contributed by atoms with van der Waals surface area (Å²) >= 11 is 0. The first-order chi connectivity index (χ1) is 8.72. The minimum Gasteiger partial charge on any atom is -0.481 e. The molecule has 0 amide bonds. The number of rotatable bonds is 6. The highest BCUT2D eigenvalue weighted by atomic mass is 16.4. The molecule has 0 fully saturated rings. The van der Waals surface area contributed by atoms with Gasteiger partial charge in [-0.05, 0) is 18.4 Å². The topological polar surface area (TPSA) is 37.3 Å². The van der Waals surface area contributed by atoms with Gasteiger partial charge in [-0.3, -0.25) is 4.79 Å². The molecule has 1 N–H and O–H groups in total. The van der Waals surface area contributed by atoms with Crippen molar-refractivity contribution >= 4 is 5.97 Å². The van der Waals surface area contributed by atoms with Gasteiger partial charge in [0.05, 0.1) is 6.42 Å². The summed E-state index contributed by atoms with van der Waals surface area (Å²) in [6, 6.07) is 10.2. The molecule has 0 aliphatic heterocycles. The predicted molar refractivity (Wildman–Crippen MR) is 73.2 cm³/mol. The second-order valence-corrected chi connectivity index (χ2v) is 4.39. The van der Waals surface area contributed by atoms with Crippen LogP contribution in [0.5, 0.6) is 0 Å². The van der Waals surface area contributed by atoms with Crippen LogP contribution in [0.3, 0.4) is 0 Å². The molecule has 0 bridgehead atoms. The second kappa shape index (κ2) is 8.36. The van der Waals surface area contributed by atoms with Crippen LogP contribution in [0.15, 0.2) is 30.3 Å². The number of benzene rings is 1. The molecular weight excluding hydrogens is 224 g/mol. The zero-order chi connectivity index (χ0) is 13.2. The van der Waals surface area contributed by atoms with Crippen LogP contribution in [-0.2, 0) is 11.2 Å². The maximum atomic E-state index is 10.7. The molecule has 0 radical (unpaired) electrons. The van der Waals surface area contributed by atoms with Gasteiger partial charge in [-0.25, -0.2) is 0 Å². The van der Waals surface area contributed by atoms with E-state index < -0.39 is 5.97 Å². The van der Waals surface area contributed by atoms with Crippen molar-refractivity contribution in [2.24, 2.45) is 5.92 Å². The van der Waals surface area contributed by atoms with E-state index in [4.69, 9.17) is 5.11 Å². The van der Waals surface area contributed by atoms with Crippen LogP contribution in [0.25, 0.3) is 0 Å². The molecular formula is C16H20O2. The van der Waals surface area contributed by atoms with Crippen molar-refractivity contribution in [3.63, 3.8) is 0 Å². The predicted octanol–water partition coefficient (Wildman–Crippen LogP) is 3.51. The van der Waals surface area contributed by atoms with E-state index in [1.807, 2.05) is 18.2 Å². The highest BCUT2D eigenvalue weighted by molar-refractivity contribution is 5.67. The maximum Gasteiger partial charge on any atom is 0.304 e. The smallest absolute Gasteiger partial charge is 0.304 e. The lowest BCUT2D eigenvalue weighted by atomic mass is 10.00. The SMILES string of the molecule is CCC[C@@H](C#CCCc1ccccc1)CC(=O)O. The lowest BCUT2D eigenvalue weighted by Crippen LogP contribution is -2.05. The fraction of sp³-hybridized carbons (Fsp3) is 0.438. The Labute approximate surface area is 109 Å². The molecule has 0 saturated carbocycles. The molecule has 0 saturated heterocycles. The summed E-state index contributed by atoms with van der Waals surface area (Å²) in [7, 11) is 0. The Hall–Kier alpha value is -1.75. The van der Waals surface area contributed by atoms with Gasteiger partial charge in [-0.2, -0.15) is 0 Å². The summed E-state index contributed by atoms with van der Waals surface area (Å²) in [5.74, 6) is 5.45. The monoisotopic (exact) mass is 244 g/mol. The van der Waals surface area contributed by atoms with Gasteiger partial charge in [0.25, 0.3) is 0 Å². The van der Waals surface area contributed by atoms with Gasteiger partial charge in [0.1, 0.15) is 0 Å². The van der Waals surface area contributed by atoms with Crippen LogP contribution >= 0.6 is 0 Å². The summed E-state index contributed by atoms with van der Waals surface area (Å²) in [5.41, 5.74) is 1.28. The molecule has 1 aromatic carbocycles. The summed E-state index contributed by atoms with van der Waals surface area (Å²) < 4.78 is 0. The first-order valence-electron chi connectivity index (χ1n) is 6.46. The zero-order valence-corrected chi connectivity index (χ0v) is 10.9. The molecule has 0 unspecified atom stereocenters. The van der Waals surface area contributed by atoms with Crippen molar-refractivity contribution < 1.29 is 9.90 Å². The van der Waals surface area contributed by atoms with E-state index in [9.17, 15) is 4.79 Å². The Morgan fingerprint density at radius 2 is 2.06 bits per heavy atom. The number of carboxylic acid groups (broad SMARTS) is 1. The van der Waals surface area contributed by atoms with Gasteiger partial charge >= 0.3 is 5.97 Å². The molecule has 1 rings (SSSR count). The fourth-order valence-corrected chi connectivity index (χ4v) is 1.85. The van der Waals surface area contributed by atoms with Crippen LogP contribution in [0, 0.1) is 17.8 Å². The Morgan fingerprint density at radius 3 is 2.67 bits per heavy atom. The van der Waals surface area contributed by atoms with E-state index in [0.717, 1.165) is 25.7 Å². The molecule has 2 heteroatoms. The average molecular weight is 244 g/mol. The Kier molecular flexibility index (Phi) is 6.64. The molecule has 0 aromatic heterocycles. The normalized spacial score (nSPS) is 11.4. The molecule has 1 atom stereocenters. The van der Waals surface area contributed by atoms with E-state index in [1.54, 1.807) is 0 Å². The lowest BCUT2D eigenvalue weighted by molar-refractivity contribution is -0.137. The fourth-order valence-electron chi connectivity index (χ4n) is 1.85. The van der Waals surface area contributed by atoms with E-state index >= 15 is 0 Å².